The summed E-state index contributed by atoms with van der Waals surface area (Å²) in [4.78, 5) is 12.1. The van der Waals surface area contributed by atoms with Gasteiger partial charge < -0.3 is 5.11 Å². The molecule has 0 amide bonds. The molecule has 6 heteroatoms. The predicted octanol–water partition coefficient (Wildman–Crippen LogP) is 5.52. The van der Waals surface area contributed by atoms with Crippen LogP contribution in [0.15, 0.2) is 17.0 Å². The lowest BCUT2D eigenvalue weighted by Gasteiger charge is -2.21. The van der Waals surface area contributed by atoms with Crippen molar-refractivity contribution in [1.29, 1.82) is 0 Å². The minimum Gasteiger partial charge on any atom is -0.478 e. The number of aromatic carboxylic acids is 1. The summed E-state index contributed by atoms with van der Waals surface area (Å²) >= 11 is 19.6. The molecule has 0 saturated carbocycles. The molecule has 112 valence electrons. The average molecular weight is 356 g/mol. The Hall–Kier alpha value is -0.0900. The van der Waals surface area contributed by atoms with Gasteiger partial charge in [0.25, 0.3) is 0 Å². The van der Waals surface area contributed by atoms with E-state index in [2.05, 4.69) is 13.8 Å². The summed E-state index contributed by atoms with van der Waals surface area (Å²) in [5, 5.41) is 9.28. The Labute approximate surface area is 138 Å². The van der Waals surface area contributed by atoms with Crippen LogP contribution in [0.5, 0.6) is 0 Å². The lowest BCUT2D eigenvalue weighted by atomic mass is 10.0. The standard InChI is InChI=1S/C14H17Cl3O2S/c1-4-9-10(13(18)19)5-6-11(14(15,16)17)12(9)20-7-8(2)3/h5-6,8H,4,7H2,1-3H3,(H,18,19). The lowest BCUT2D eigenvalue weighted by Crippen LogP contribution is -2.10. The van der Waals surface area contributed by atoms with Crippen molar-refractivity contribution in [2.45, 2.75) is 35.9 Å². The Morgan fingerprint density at radius 2 is 1.95 bits per heavy atom. The largest absolute Gasteiger partial charge is 0.478 e. The summed E-state index contributed by atoms with van der Waals surface area (Å²) in [7, 11) is 0. The van der Waals surface area contributed by atoms with Crippen LogP contribution in [0.3, 0.4) is 0 Å². The number of halogens is 3. The van der Waals surface area contributed by atoms with E-state index in [-0.39, 0.29) is 5.56 Å². The molecule has 2 nitrogen and oxygen atoms in total. The first-order valence-corrected chi connectivity index (χ1v) is 8.39. The molecule has 0 aliphatic carbocycles. The molecule has 20 heavy (non-hydrogen) atoms. The maximum atomic E-state index is 11.3. The molecule has 0 radical (unpaired) electrons. The van der Waals surface area contributed by atoms with E-state index >= 15 is 0 Å². The van der Waals surface area contributed by atoms with Crippen molar-refractivity contribution in [3.05, 3.63) is 28.8 Å². The molecule has 0 spiro atoms. The van der Waals surface area contributed by atoms with Crippen molar-refractivity contribution in [1.82, 2.24) is 0 Å². The Balaban J connectivity index is 3.43. The monoisotopic (exact) mass is 354 g/mol. The van der Waals surface area contributed by atoms with Crippen molar-refractivity contribution in [3.8, 4) is 0 Å². The summed E-state index contributed by atoms with van der Waals surface area (Å²) in [5.41, 5.74) is 1.55. The number of carboxylic acid groups (broad SMARTS) is 1. The SMILES string of the molecule is CCc1c(C(=O)O)ccc(C(Cl)(Cl)Cl)c1SCC(C)C. The molecular weight excluding hydrogens is 339 g/mol. The fourth-order valence-corrected chi connectivity index (χ4v) is 3.76. The number of carboxylic acids is 1. The first-order valence-electron chi connectivity index (χ1n) is 6.27. The van der Waals surface area contributed by atoms with Gasteiger partial charge >= 0.3 is 5.97 Å². The molecule has 0 unspecified atom stereocenters. The summed E-state index contributed by atoms with van der Waals surface area (Å²) < 4.78 is -1.56. The lowest BCUT2D eigenvalue weighted by molar-refractivity contribution is 0.0695. The second-order valence-electron chi connectivity index (χ2n) is 4.83. The zero-order valence-corrected chi connectivity index (χ0v) is 14.6. The van der Waals surface area contributed by atoms with Crippen molar-refractivity contribution in [3.63, 3.8) is 0 Å². The third-order valence-electron chi connectivity index (χ3n) is 2.71. The summed E-state index contributed by atoms with van der Waals surface area (Å²) in [6, 6.07) is 3.11. The van der Waals surface area contributed by atoms with E-state index in [1.165, 1.54) is 6.07 Å². The summed E-state index contributed by atoms with van der Waals surface area (Å²) in [6.45, 7) is 6.09. The van der Waals surface area contributed by atoms with E-state index in [0.29, 0.717) is 17.9 Å². The number of thioether (sulfide) groups is 1. The molecule has 1 aromatic carbocycles. The third-order valence-corrected chi connectivity index (χ3v) is 4.91. The van der Waals surface area contributed by atoms with Gasteiger partial charge in [-0.2, -0.15) is 0 Å². The second-order valence-corrected chi connectivity index (χ2v) is 8.14. The van der Waals surface area contributed by atoms with Crippen LogP contribution in [0.25, 0.3) is 0 Å². The van der Waals surface area contributed by atoms with Crippen LogP contribution in [-0.4, -0.2) is 16.8 Å². The van der Waals surface area contributed by atoms with Gasteiger partial charge in [-0.15, -0.1) is 11.8 Å². The zero-order valence-electron chi connectivity index (χ0n) is 11.5. The summed E-state index contributed by atoms with van der Waals surface area (Å²) in [6.07, 6.45) is 0.580. The Bertz CT molecular complexity index is 496. The molecule has 0 heterocycles. The Morgan fingerprint density at radius 3 is 2.35 bits per heavy atom. The van der Waals surface area contributed by atoms with E-state index in [0.717, 1.165) is 16.2 Å². The molecule has 0 saturated heterocycles. The number of benzene rings is 1. The van der Waals surface area contributed by atoms with Gasteiger partial charge in [-0.1, -0.05) is 61.6 Å². The van der Waals surface area contributed by atoms with E-state index in [4.69, 9.17) is 34.8 Å². The molecule has 0 aliphatic heterocycles. The molecule has 0 bridgehead atoms. The van der Waals surface area contributed by atoms with E-state index < -0.39 is 9.76 Å². The highest BCUT2D eigenvalue weighted by Gasteiger charge is 2.29. The van der Waals surface area contributed by atoms with Gasteiger partial charge in [0.15, 0.2) is 0 Å². The average Bonchev–Trinajstić information content (AvgIpc) is 2.33. The van der Waals surface area contributed by atoms with E-state index in [1.807, 2.05) is 6.92 Å². The van der Waals surface area contributed by atoms with Gasteiger partial charge in [-0.3, -0.25) is 0 Å². The second kappa shape index (κ2) is 7.26. The molecule has 0 aliphatic rings. The van der Waals surface area contributed by atoms with Crippen LogP contribution in [0.2, 0.25) is 0 Å². The van der Waals surface area contributed by atoms with E-state index in [1.54, 1.807) is 17.8 Å². The van der Waals surface area contributed by atoms with Crippen LogP contribution in [0, 0.1) is 5.92 Å². The van der Waals surface area contributed by atoms with Crippen LogP contribution in [0.1, 0.15) is 42.3 Å². The quantitative estimate of drug-likeness (QED) is 0.558. The normalized spacial score (nSPS) is 11.9. The van der Waals surface area contributed by atoms with Gasteiger partial charge in [0.1, 0.15) is 0 Å². The highest BCUT2D eigenvalue weighted by molar-refractivity contribution is 7.99. The molecule has 1 rings (SSSR count). The van der Waals surface area contributed by atoms with Gasteiger partial charge in [-0.05, 0) is 24.0 Å². The van der Waals surface area contributed by atoms with Gasteiger partial charge in [0.2, 0.25) is 3.79 Å². The highest BCUT2D eigenvalue weighted by atomic mass is 35.6. The summed E-state index contributed by atoms with van der Waals surface area (Å²) in [5.74, 6) is 0.342. The number of hydrogen-bond acceptors (Lipinski definition) is 2. The van der Waals surface area contributed by atoms with Crippen molar-refractivity contribution < 1.29 is 9.90 Å². The third kappa shape index (κ3) is 4.45. The van der Waals surface area contributed by atoms with Crippen molar-refractivity contribution >= 4 is 52.5 Å². The van der Waals surface area contributed by atoms with Gasteiger partial charge in [-0.25, -0.2) is 4.79 Å². The Morgan fingerprint density at radius 1 is 1.35 bits per heavy atom. The first-order chi connectivity index (χ1) is 9.18. The molecule has 1 aromatic rings. The molecule has 0 aromatic heterocycles. The minimum absolute atomic E-state index is 0.275. The first kappa shape index (κ1) is 18.0. The van der Waals surface area contributed by atoms with Crippen LogP contribution >= 0.6 is 46.6 Å². The van der Waals surface area contributed by atoms with Crippen LogP contribution in [0.4, 0.5) is 0 Å². The molecule has 0 fully saturated rings. The van der Waals surface area contributed by atoms with Crippen LogP contribution < -0.4 is 0 Å². The smallest absolute Gasteiger partial charge is 0.336 e. The fraction of sp³-hybridized carbons (Fsp3) is 0.500. The van der Waals surface area contributed by atoms with Crippen molar-refractivity contribution in [2.75, 3.05) is 5.75 Å². The zero-order chi connectivity index (χ0) is 15.5. The number of alkyl halides is 3. The van der Waals surface area contributed by atoms with Gasteiger partial charge in [0.05, 0.1) is 5.56 Å². The molecule has 1 N–H and O–H groups in total. The maximum Gasteiger partial charge on any atom is 0.336 e. The molecular formula is C14H17Cl3O2S. The van der Waals surface area contributed by atoms with Crippen molar-refractivity contribution in [2.24, 2.45) is 5.92 Å². The number of hydrogen-bond donors (Lipinski definition) is 1. The van der Waals surface area contributed by atoms with Gasteiger partial charge in [0, 0.05) is 16.2 Å². The minimum atomic E-state index is -1.56. The highest BCUT2D eigenvalue weighted by Crippen LogP contribution is 2.45. The molecule has 0 atom stereocenters. The number of rotatable bonds is 5. The Kier molecular flexibility index (Phi) is 6.52. The van der Waals surface area contributed by atoms with E-state index in [9.17, 15) is 9.90 Å². The fourth-order valence-electron chi connectivity index (χ4n) is 1.82. The predicted molar refractivity (Wildman–Crippen MR) is 87.6 cm³/mol. The number of carbonyl (C=O) groups is 1. The maximum absolute atomic E-state index is 11.3. The van der Waals surface area contributed by atoms with Crippen LogP contribution in [-0.2, 0) is 10.2 Å². The topological polar surface area (TPSA) is 37.3 Å².